The predicted octanol–water partition coefficient (Wildman–Crippen LogP) is 1.63. The van der Waals surface area contributed by atoms with Crippen LogP contribution in [0.3, 0.4) is 0 Å². The Balaban J connectivity index is 1.81. The van der Waals surface area contributed by atoms with Gasteiger partial charge in [-0.05, 0) is 12.7 Å². The molecule has 1 aliphatic heterocycles. The molecule has 1 saturated heterocycles. The summed E-state index contributed by atoms with van der Waals surface area (Å²) in [6.45, 7) is 9.74. The van der Waals surface area contributed by atoms with Crippen LogP contribution in [-0.2, 0) is 6.54 Å². The molecule has 1 atom stereocenters. The van der Waals surface area contributed by atoms with E-state index < -0.39 is 0 Å². The van der Waals surface area contributed by atoms with Crippen LogP contribution in [0.15, 0.2) is 4.52 Å². The van der Waals surface area contributed by atoms with Gasteiger partial charge in [-0.1, -0.05) is 18.0 Å². The van der Waals surface area contributed by atoms with Crippen LogP contribution in [0.1, 0.15) is 30.8 Å². The number of piperazine rings is 1. The van der Waals surface area contributed by atoms with E-state index in [0.717, 1.165) is 50.8 Å². The van der Waals surface area contributed by atoms with E-state index in [-0.39, 0.29) is 0 Å². The van der Waals surface area contributed by atoms with E-state index in [1.807, 2.05) is 11.8 Å². The van der Waals surface area contributed by atoms with Crippen molar-refractivity contribution in [2.45, 2.75) is 25.6 Å². The van der Waals surface area contributed by atoms with Crippen molar-refractivity contribution in [3.63, 3.8) is 0 Å². The van der Waals surface area contributed by atoms with Gasteiger partial charge in [-0.25, -0.2) is 0 Å². The summed E-state index contributed by atoms with van der Waals surface area (Å²) >= 11 is 1.83. The average Bonchev–Trinajstić information content (AvgIpc) is 2.90. The summed E-state index contributed by atoms with van der Waals surface area (Å²) in [4.78, 5) is 9.11. The molecule has 0 aromatic carbocycles. The van der Waals surface area contributed by atoms with Gasteiger partial charge < -0.3 is 4.52 Å². The van der Waals surface area contributed by atoms with E-state index in [9.17, 15) is 0 Å². The van der Waals surface area contributed by atoms with Crippen LogP contribution in [0.25, 0.3) is 0 Å². The van der Waals surface area contributed by atoms with Crippen molar-refractivity contribution >= 4 is 11.8 Å². The van der Waals surface area contributed by atoms with Gasteiger partial charge in [0.15, 0.2) is 5.82 Å². The lowest BCUT2D eigenvalue weighted by atomic mass is 10.3. The van der Waals surface area contributed by atoms with Crippen LogP contribution >= 0.6 is 11.8 Å². The highest BCUT2D eigenvalue weighted by molar-refractivity contribution is 7.99. The largest absolute Gasteiger partial charge is 0.338 e. The minimum absolute atomic E-state index is 0.296. The molecule has 110 valence electrons. The minimum Gasteiger partial charge on any atom is -0.338 e. The Morgan fingerprint density at radius 2 is 2.05 bits per heavy atom. The van der Waals surface area contributed by atoms with Crippen molar-refractivity contribution in [1.29, 1.82) is 0 Å². The standard InChI is InChI=1S/C14H22N4OS/c1-4-6-17-7-9-18(10-8-17)11-13-15-14(16-19-13)12(3)20-5-2/h1,12H,5-11H2,2-3H3/t12-/m0/s1. The van der Waals surface area contributed by atoms with Gasteiger partial charge in [-0.2, -0.15) is 16.7 Å². The maximum absolute atomic E-state index is 5.35. The van der Waals surface area contributed by atoms with Crippen molar-refractivity contribution in [2.75, 3.05) is 38.5 Å². The zero-order chi connectivity index (χ0) is 14.4. The molecule has 2 heterocycles. The summed E-state index contributed by atoms with van der Waals surface area (Å²) in [5, 5.41) is 4.37. The lowest BCUT2D eigenvalue weighted by Crippen LogP contribution is -2.45. The zero-order valence-corrected chi connectivity index (χ0v) is 13.0. The normalized spacial score (nSPS) is 18.9. The molecule has 5 nitrogen and oxygen atoms in total. The fourth-order valence-corrected chi connectivity index (χ4v) is 2.99. The SMILES string of the molecule is C#CCN1CCN(Cc2nc([C@H](C)SCC)no2)CC1. The summed E-state index contributed by atoms with van der Waals surface area (Å²) < 4.78 is 5.35. The highest BCUT2D eigenvalue weighted by Gasteiger charge is 2.19. The third-order valence-electron chi connectivity index (χ3n) is 3.40. The van der Waals surface area contributed by atoms with E-state index in [1.54, 1.807) is 0 Å². The molecule has 0 aliphatic carbocycles. The Bertz CT molecular complexity index is 448. The predicted molar refractivity (Wildman–Crippen MR) is 81.4 cm³/mol. The van der Waals surface area contributed by atoms with E-state index in [0.29, 0.717) is 11.1 Å². The highest BCUT2D eigenvalue weighted by atomic mass is 32.2. The minimum atomic E-state index is 0.296. The quantitative estimate of drug-likeness (QED) is 0.743. The molecular formula is C14H22N4OS. The first kappa shape index (κ1) is 15.4. The molecule has 6 heteroatoms. The molecular weight excluding hydrogens is 272 g/mol. The topological polar surface area (TPSA) is 45.4 Å². The fraction of sp³-hybridized carbons (Fsp3) is 0.714. The molecule has 0 bridgehead atoms. The number of aromatic nitrogens is 2. The summed E-state index contributed by atoms with van der Waals surface area (Å²) in [5.41, 5.74) is 0. The van der Waals surface area contributed by atoms with Gasteiger partial charge in [0.2, 0.25) is 5.89 Å². The summed E-state index contributed by atoms with van der Waals surface area (Å²) in [7, 11) is 0. The Kier molecular flexibility index (Phi) is 5.89. The van der Waals surface area contributed by atoms with Crippen LogP contribution in [0.5, 0.6) is 0 Å². The smallest absolute Gasteiger partial charge is 0.240 e. The first-order chi connectivity index (χ1) is 9.72. The number of hydrogen-bond donors (Lipinski definition) is 0. The lowest BCUT2D eigenvalue weighted by Gasteiger charge is -2.32. The Morgan fingerprint density at radius 3 is 2.70 bits per heavy atom. The zero-order valence-electron chi connectivity index (χ0n) is 12.2. The Hall–Kier alpha value is -1.03. The third-order valence-corrected chi connectivity index (χ3v) is 4.45. The molecule has 20 heavy (non-hydrogen) atoms. The summed E-state index contributed by atoms with van der Waals surface area (Å²) in [6, 6.07) is 0. The third kappa shape index (κ3) is 4.23. The molecule has 0 N–H and O–H groups in total. The van der Waals surface area contributed by atoms with E-state index in [2.05, 4.69) is 39.7 Å². The van der Waals surface area contributed by atoms with Gasteiger partial charge in [-0.3, -0.25) is 9.80 Å². The Morgan fingerprint density at radius 1 is 1.35 bits per heavy atom. The molecule has 0 saturated carbocycles. The molecule has 0 radical (unpaired) electrons. The monoisotopic (exact) mass is 294 g/mol. The van der Waals surface area contributed by atoms with Crippen LogP contribution in [0, 0.1) is 12.3 Å². The number of terminal acetylenes is 1. The number of rotatable bonds is 6. The second-order valence-electron chi connectivity index (χ2n) is 4.90. The first-order valence-electron chi connectivity index (χ1n) is 7.05. The van der Waals surface area contributed by atoms with E-state index >= 15 is 0 Å². The van der Waals surface area contributed by atoms with E-state index in [1.165, 1.54) is 0 Å². The Labute approximate surface area is 125 Å². The average molecular weight is 294 g/mol. The molecule has 0 amide bonds. The van der Waals surface area contributed by atoms with Crippen molar-refractivity contribution in [3.8, 4) is 12.3 Å². The van der Waals surface area contributed by atoms with Crippen LogP contribution in [0.2, 0.25) is 0 Å². The van der Waals surface area contributed by atoms with E-state index in [4.69, 9.17) is 10.9 Å². The molecule has 1 aromatic heterocycles. The molecule has 1 aromatic rings. The first-order valence-corrected chi connectivity index (χ1v) is 8.10. The van der Waals surface area contributed by atoms with Gasteiger partial charge in [-0.15, -0.1) is 6.42 Å². The molecule has 0 unspecified atom stereocenters. The van der Waals surface area contributed by atoms with Gasteiger partial charge in [0.1, 0.15) is 0 Å². The molecule has 1 fully saturated rings. The maximum Gasteiger partial charge on any atom is 0.240 e. The maximum atomic E-state index is 5.35. The molecule has 2 rings (SSSR count). The van der Waals surface area contributed by atoms with Crippen molar-refractivity contribution < 1.29 is 4.52 Å². The number of thioether (sulfide) groups is 1. The molecule has 0 spiro atoms. The van der Waals surface area contributed by atoms with Gasteiger partial charge in [0, 0.05) is 26.2 Å². The van der Waals surface area contributed by atoms with Crippen LogP contribution in [-0.4, -0.2) is 58.4 Å². The lowest BCUT2D eigenvalue weighted by molar-refractivity contribution is 0.126. The van der Waals surface area contributed by atoms with Gasteiger partial charge in [0.05, 0.1) is 18.3 Å². The number of nitrogens with zero attached hydrogens (tertiary/aromatic N) is 4. The van der Waals surface area contributed by atoms with Crippen molar-refractivity contribution in [1.82, 2.24) is 19.9 Å². The van der Waals surface area contributed by atoms with Crippen LogP contribution in [0.4, 0.5) is 0 Å². The summed E-state index contributed by atoms with van der Waals surface area (Å²) in [5.74, 6) is 5.27. The second-order valence-corrected chi connectivity index (χ2v) is 6.52. The summed E-state index contributed by atoms with van der Waals surface area (Å²) in [6.07, 6.45) is 5.33. The fourth-order valence-electron chi connectivity index (χ4n) is 2.25. The number of hydrogen-bond acceptors (Lipinski definition) is 6. The van der Waals surface area contributed by atoms with Gasteiger partial charge >= 0.3 is 0 Å². The van der Waals surface area contributed by atoms with Crippen LogP contribution < -0.4 is 0 Å². The van der Waals surface area contributed by atoms with Gasteiger partial charge in [0.25, 0.3) is 0 Å². The van der Waals surface area contributed by atoms with Crippen molar-refractivity contribution in [3.05, 3.63) is 11.7 Å². The molecule has 1 aliphatic rings. The van der Waals surface area contributed by atoms with Crippen molar-refractivity contribution in [2.24, 2.45) is 0 Å². The highest BCUT2D eigenvalue weighted by Crippen LogP contribution is 2.25. The second kappa shape index (κ2) is 7.67.